The molecule has 2 aromatic rings. The molecule has 0 saturated heterocycles. The van der Waals surface area contributed by atoms with E-state index < -0.39 is 0 Å². The lowest BCUT2D eigenvalue weighted by Crippen LogP contribution is -2.20. The maximum atomic E-state index is 14.5. The highest BCUT2D eigenvalue weighted by atomic mass is 19.1. The summed E-state index contributed by atoms with van der Waals surface area (Å²) in [6.45, 7) is 2.00. The molecule has 1 unspecified atom stereocenters. The van der Waals surface area contributed by atoms with E-state index in [1.54, 1.807) is 32.4 Å². The molecule has 0 aromatic heterocycles. The number of benzene rings is 2. The van der Waals surface area contributed by atoms with Crippen LogP contribution in [0, 0.1) is 12.7 Å². The summed E-state index contributed by atoms with van der Waals surface area (Å²) in [6, 6.07) is 10.7. The van der Waals surface area contributed by atoms with Gasteiger partial charge in [0.15, 0.2) is 11.6 Å². The maximum absolute atomic E-state index is 14.5. The fourth-order valence-electron chi connectivity index (χ4n) is 2.47. The highest BCUT2D eigenvalue weighted by Crippen LogP contribution is 2.34. The molecular formula is C17H20FNO2. The fourth-order valence-corrected chi connectivity index (χ4v) is 2.47. The number of hydrogen-bond donors (Lipinski definition) is 1. The summed E-state index contributed by atoms with van der Waals surface area (Å²) in [6.07, 6.45) is 0. The van der Waals surface area contributed by atoms with Gasteiger partial charge in [-0.2, -0.15) is 0 Å². The van der Waals surface area contributed by atoms with Gasteiger partial charge < -0.3 is 14.8 Å². The van der Waals surface area contributed by atoms with E-state index in [4.69, 9.17) is 9.47 Å². The van der Waals surface area contributed by atoms with Crippen LogP contribution >= 0.6 is 0 Å². The maximum Gasteiger partial charge on any atom is 0.170 e. The van der Waals surface area contributed by atoms with Gasteiger partial charge in [-0.05, 0) is 26.1 Å². The first-order chi connectivity index (χ1) is 10.1. The van der Waals surface area contributed by atoms with E-state index in [1.165, 1.54) is 7.11 Å². The number of ether oxygens (including phenoxy) is 2. The molecule has 0 heterocycles. The molecule has 1 N–H and O–H groups in total. The highest BCUT2D eigenvalue weighted by molar-refractivity contribution is 5.45. The Kier molecular flexibility index (Phi) is 4.81. The molecule has 1 atom stereocenters. The zero-order chi connectivity index (χ0) is 15.4. The van der Waals surface area contributed by atoms with Crippen molar-refractivity contribution in [1.29, 1.82) is 0 Å². The quantitative estimate of drug-likeness (QED) is 0.914. The second kappa shape index (κ2) is 6.59. The largest absolute Gasteiger partial charge is 0.496 e. The van der Waals surface area contributed by atoms with Crippen molar-refractivity contribution in [2.75, 3.05) is 21.3 Å². The summed E-state index contributed by atoms with van der Waals surface area (Å²) in [4.78, 5) is 0. The minimum Gasteiger partial charge on any atom is -0.496 e. The lowest BCUT2D eigenvalue weighted by Gasteiger charge is -2.21. The van der Waals surface area contributed by atoms with Crippen molar-refractivity contribution in [3.63, 3.8) is 0 Å². The molecule has 2 aromatic carbocycles. The molecule has 0 spiro atoms. The van der Waals surface area contributed by atoms with Gasteiger partial charge in [0.05, 0.1) is 20.3 Å². The van der Waals surface area contributed by atoms with E-state index in [-0.39, 0.29) is 17.6 Å². The molecule has 0 fully saturated rings. The SMILES string of the molecule is CNC(c1cc(C)ccc1OC)c1cccc(OC)c1F. The van der Waals surface area contributed by atoms with Gasteiger partial charge in [-0.1, -0.05) is 29.8 Å². The third-order valence-electron chi connectivity index (χ3n) is 3.51. The molecule has 2 rings (SSSR count). The lowest BCUT2D eigenvalue weighted by molar-refractivity contribution is 0.380. The minimum atomic E-state index is -0.358. The van der Waals surface area contributed by atoms with Crippen LogP contribution in [0.25, 0.3) is 0 Å². The van der Waals surface area contributed by atoms with E-state index in [1.807, 2.05) is 25.1 Å². The van der Waals surface area contributed by atoms with Crippen LogP contribution in [-0.2, 0) is 0 Å². The molecule has 0 aliphatic rings. The van der Waals surface area contributed by atoms with Crippen LogP contribution in [0.2, 0.25) is 0 Å². The predicted octanol–water partition coefficient (Wildman–Crippen LogP) is 3.46. The Balaban J connectivity index is 2.57. The standard InChI is InChI=1S/C17H20FNO2/c1-11-8-9-14(20-3)13(10-11)17(19-2)12-6-5-7-15(21-4)16(12)18/h5-10,17,19H,1-4H3. The number of aryl methyl sites for hydroxylation is 1. The van der Waals surface area contributed by atoms with Gasteiger partial charge in [0.1, 0.15) is 5.75 Å². The average Bonchev–Trinajstić information content (AvgIpc) is 2.50. The molecule has 0 aliphatic heterocycles. The summed E-state index contributed by atoms with van der Waals surface area (Å²) in [7, 11) is 4.87. The van der Waals surface area contributed by atoms with E-state index in [9.17, 15) is 4.39 Å². The minimum absolute atomic E-state index is 0.236. The van der Waals surface area contributed by atoms with E-state index >= 15 is 0 Å². The number of halogens is 1. The van der Waals surface area contributed by atoms with Crippen LogP contribution in [-0.4, -0.2) is 21.3 Å². The Morgan fingerprint density at radius 3 is 2.33 bits per heavy atom. The van der Waals surface area contributed by atoms with Crippen LogP contribution in [0.4, 0.5) is 4.39 Å². The molecule has 0 radical (unpaired) electrons. The van der Waals surface area contributed by atoms with Crippen LogP contribution in [0.15, 0.2) is 36.4 Å². The molecular weight excluding hydrogens is 269 g/mol. The van der Waals surface area contributed by atoms with Crippen LogP contribution in [0.1, 0.15) is 22.7 Å². The molecule has 21 heavy (non-hydrogen) atoms. The first-order valence-corrected chi connectivity index (χ1v) is 6.76. The second-order valence-corrected chi connectivity index (χ2v) is 4.83. The van der Waals surface area contributed by atoms with Gasteiger partial charge in [-0.3, -0.25) is 0 Å². The Bertz CT molecular complexity index is 628. The van der Waals surface area contributed by atoms with Crippen molar-refractivity contribution in [2.24, 2.45) is 0 Å². The van der Waals surface area contributed by atoms with E-state index in [2.05, 4.69) is 5.32 Å². The Morgan fingerprint density at radius 2 is 1.71 bits per heavy atom. The third kappa shape index (κ3) is 3.00. The van der Waals surface area contributed by atoms with Crippen molar-refractivity contribution in [1.82, 2.24) is 5.32 Å². The van der Waals surface area contributed by atoms with E-state index in [0.717, 1.165) is 16.9 Å². The van der Waals surface area contributed by atoms with Gasteiger partial charge in [0, 0.05) is 11.1 Å². The predicted molar refractivity (Wildman–Crippen MR) is 81.6 cm³/mol. The normalized spacial score (nSPS) is 12.0. The van der Waals surface area contributed by atoms with Crippen LogP contribution in [0.3, 0.4) is 0 Å². The van der Waals surface area contributed by atoms with Crippen molar-refractivity contribution in [2.45, 2.75) is 13.0 Å². The Hall–Kier alpha value is -2.07. The van der Waals surface area contributed by atoms with Gasteiger partial charge in [0.25, 0.3) is 0 Å². The lowest BCUT2D eigenvalue weighted by atomic mass is 9.96. The summed E-state index contributed by atoms with van der Waals surface area (Å²) < 4.78 is 25.0. The summed E-state index contributed by atoms with van der Waals surface area (Å²) in [5.41, 5.74) is 2.52. The fraction of sp³-hybridized carbons (Fsp3) is 0.294. The average molecular weight is 289 g/mol. The van der Waals surface area contributed by atoms with Gasteiger partial charge in [0.2, 0.25) is 0 Å². The van der Waals surface area contributed by atoms with Gasteiger partial charge in [-0.15, -0.1) is 0 Å². The zero-order valence-corrected chi connectivity index (χ0v) is 12.7. The Labute approximate surface area is 124 Å². The highest BCUT2D eigenvalue weighted by Gasteiger charge is 2.21. The molecule has 112 valence electrons. The number of hydrogen-bond acceptors (Lipinski definition) is 3. The number of methoxy groups -OCH3 is 2. The van der Waals surface area contributed by atoms with Crippen molar-refractivity contribution in [3.05, 3.63) is 58.9 Å². The van der Waals surface area contributed by atoms with Crippen LogP contribution in [0.5, 0.6) is 11.5 Å². The van der Waals surface area contributed by atoms with Crippen LogP contribution < -0.4 is 14.8 Å². The molecule has 0 bridgehead atoms. The zero-order valence-electron chi connectivity index (χ0n) is 12.7. The third-order valence-corrected chi connectivity index (χ3v) is 3.51. The Morgan fingerprint density at radius 1 is 1.00 bits per heavy atom. The monoisotopic (exact) mass is 289 g/mol. The number of rotatable bonds is 5. The smallest absolute Gasteiger partial charge is 0.170 e. The second-order valence-electron chi connectivity index (χ2n) is 4.83. The summed E-state index contributed by atoms with van der Waals surface area (Å²) >= 11 is 0. The molecule has 0 aliphatic carbocycles. The summed E-state index contributed by atoms with van der Waals surface area (Å²) in [5.74, 6) is 0.601. The number of nitrogens with one attached hydrogen (secondary N) is 1. The topological polar surface area (TPSA) is 30.5 Å². The molecule has 3 nitrogen and oxygen atoms in total. The van der Waals surface area contributed by atoms with E-state index in [0.29, 0.717) is 5.56 Å². The first kappa shape index (κ1) is 15.3. The van der Waals surface area contributed by atoms with Gasteiger partial charge in [-0.25, -0.2) is 4.39 Å². The summed E-state index contributed by atoms with van der Waals surface area (Å²) in [5, 5.41) is 3.15. The van der Waals surface area contributed by atoms with Crippen molar-refractivity contribution < 1.29 is 13.9 Å². The van der Waals surface area contributed by atoms with Crippen molar-refractivity contribution in [3.8, 4) is 11.5 Å². The first-order valence-electron chi connectivity index (χ1n) is 6.76. The molecule has 0 amide bonds. The van der Waals surface area contributed by atoms with Crippen molar-refractivity contribution >= 4 is 0 Å². The molecule has 0 saturated carbocycles. The van der Waals surface area contributed by atoms with Gasteiger partial charge >= 0.3 is 0 Å². The molecule has 4 heteroatoms.